The molecule has 1 nitrogen and oxygen atoms in total. The number of carbonyl (C=O) groups excluding carboxylic acids is 1. The number of benzene rings is 1. The highest BCUT2D eigenvalue weighted by atomic mass is 127. The molecule has 0 saturated heterocycles. The number of aryl methyl sites for hydroxylation is 1. The van der Waals surface area contributed by atoms with E-state index in [-0.39, 0.29) is 5.82 Å². The Hall–Kier alpha value is -0.450. The van der Waals surface area contributed by atoms with Crippen LogP contribution in [-0.2, 0) is 11.2 Å². The first-order chi connectivity index (χ1) is 5.74. The third-order valence-electron chi connectivity index (χ3n) is 1.55. The molecule has 0 spiro atoms. The third-order valence-corrected chi connectivity index (χ3v) is 2.22. The molecule has 0 amide bonds. The fourth-order valence-corrected chi connectivity index (χ4v) is 1.39. The van der Waals surface area contributed by atoms with Crippen molar-refractivity contribution >= 4 is 28.9 Å². The van der Waals surface area contributed by atoms with Gasteiger partial charge in [0.2, 0.25) is 0 Å². The number of hydrogen-bond donors (Lipinski definition) is 0. The Morgan fingerprint density at radius 2 is 2.25 bits per heavy atom. The predicted molar refractivity (Wildman–Crippen MR) is 53.5 cm³/mol. The summed E-state index contributed by atoms with van der Waals surface area (Å²) in [5.74, 6) is -0.219. The van der Waals surface area contributed by atoms with E-state index in [1.54, 1.807) is 6.07 Å². The molecule has 0 aliphatic carbocycles. The summed E-state index contributed by atoms with van der Waals surface area (Å²) in [5, 5.41) is 0. The minimum atomic E-state index is -0.219. The maximum absolute atomic E-state index is 13.1. The van der Waals surface area contributed by atoms with Crippen molar-refractivity contribution in [2.75, 3.05) is 0 Å². The third kappa shape index (κ3) is 2.55. The highest BCUT2D eigenvalue weighted by Gasteiger charge is 2.01. The smallest absolute Gasteiger partial charge is 0.127 e. The molecule has 0 radical (unpaired) electrons. The molecule has 0 heterocycles. The monoisotopic (exact) mass is 278 g/mol. The summed E-state index contributed by atoms with van der Waals surface area (Å²) in [6, 6.07) is 5.03. The van der Waals surface area contributed by atoms with E-state index in [0.29, 0.717) is 18.4 Å². The van der Waals surface area contributed by atoms with E-state index in [1.807, 2.05) is 6.07 Å². The number of rotatable bonds is 3. The van der Waals surface area contributed by atoms with E-state index in [4.69, 9.17) is 0 Å². The van der Waals surface area contributed by atoms with Crippen LogP contribution in [0.5, 0.6) is 0 Å². The van der Waals surface area contributed by atoms with Crippen LogP contribution in [0.1, 0.15) is 12.0 Å². The van der Waals surface area contributed by atoms with E-state index in [2.05, 4.69) is 22.6 Å². The van der Waals surface area contributed by atoms with Crippen molar-refractivity contribution in [3.05, 3.63) is 33.1 Å². The zero-order valence-electron chi connectivity index (χ0n) is 6.39. The van der Waals surface area contributed by atoms with Gasteiger partial charge in [0.1, 0.15) is 12.1 Å². The lowest BCUT2D eigenvalue weighted by Crippen LogP contribution is -1.91. The van der Waals surface area contributed by atoms with Crippen molar-refractivity contribution in [3.8, 4) is 0 Å². The predicted octanol–water partition coefficient (Wildman–Crippen LogP) is 2.56. The number of aldehydes is 1. The van der Waals surface area contributed by atoms with Gasteiger partial charge in [0, 0.05) is 9.99 Å². The van der Waals surface area contributed by atoms with Gasteiger partial charge in [-0.1, -0.05) is 6.07 Å². The van der Waals surface area contributed by atoms with Crippen molar-refractivity contribution < 1.29 is 9.18 Å². The van der Waals surface area contributed by atoms with Crippen molar-refractivity contribution in [1.82, 2.24) is 0 Å². The van der Waals surface area contributed by atoms with Gasteiger partial charge in [-0.05, 0) is 46.7 Å². The van der Waals surface area contributed by atoms with E-state index in [0.717, 1.165) is 9.86 Å². The maximum Gasteiger partial charge on any atom is 0.127 e. The fourth-order valence-electron chi connectivity index (χ4n) is 0.939. The molecular formula is C9H8FIO. The Bertz CT molecular complexity index is 286. The summed E-state index contributed by atoms with van der Waals surface area (Å²) < 4.78 is 13.9. The molecule has 12 heavy (non-hydrogen) atoms. The zero-order chi connectivity index (χ0) is 8.97. The largest absolute Gasteiger partial charge is 0.303 e. The summed E-state index contributed by atoms with van der Waals surface area (Å²) in [5.41, 5.74) is 0.613. The fraction of sp³-hybridized carbons (Fsp3) is 0.222. The second-order valence-electron chi connectivity index (χ2n) is 2.44. The second kappa shape index (κ2) is 4.54. The SMILES string of the molecule is O=CCCc1ccc(I)cc1F. The summed E-state index contributed by atoms with van der Waals surface area (Å²) in [7, 11) is 0. The Morgan fingerprint density at radius 3 is 2.83 bits per heavy atom. The van der Waals surface area contributed by atoms with Gasteiger partial charge in [-0.25, -0.2) is 4.39 Å². The van der Waals surface area contributed by atoms with E-state index >= 15 is 0 Å². The van der Waals surface area contributed by atoms with Gasteiger partial charge < -0.3 is 4.79 Å². The Kier molecular flexibility index (Phi) is 3.65. The van der Waals surface area contributed by atoms with Crippen LogP contribution in [0.2, 0.25) is 0 Å². The van der Waals surface area contributed by atoms with Crippen LogP contribution in [0, 0.1) is 9.39 Å². The van der Waals surface area contributed by atoms with Crippen LogP contribution < -0.4 is 0 Å². The Morgan fingerprint density at radius 1 is 1.50 bits per heavy atom. The lowest BCUT2D eigenvalue weighted by molar-refractivity contribution is -0.107. The molecule has 0 aromatic heterocycles. The normalized spacial score (nSPS) is 9.83. The van der Waals surface area contributed by atoms with Crippen LogP contribution >= 0.6 is 22.6 Å². The van der Waals surface area contributed by atoms with Crippen LogP contribution in [0.4, 0.5) is 4.39 Å². The molecular weight excluding hydrogens is 270 g/mol. The Balaban J connectivity index is 2.78. The van der Waals surface area contributed by atoms with Gasteiger partial charge in [-0.15, -0.1) is 0 Å². The van der Waals surface area contributed by atoms with Gasteiger partial charge in [-0.2, -0.15) is 0 Å². The highest BCUT2D eigenvalue weighted by molar-refractivity contribution is 14.1. The number of carbonyl (C=O) groups is 1. The molecule has 0 fully saturated rings. The molecule has 1 aromatic carbocycles. The van der Waals surface area contributed by atoms with Crippen LogP contribution in [-0.4, -0.2) is 6.29 Å². The van der Waals surface area contributed by atoms with Crippen molar-refractivity contribution in [1.29, 1.82) is 0 Å². The van der Waals surface area contributed by atoms with E-state index < -0.39 is 0 Å². The summed E-state index contributed by atoms with van der Waals surface area (Å²) in [6.45, 7) is 0. The van der Waals surface area contributed by atoms with E-state index in [1.165, 1.54) is 6.07 Å². The molecule has 0 N–H and O–H groups in total. The maximum atomic E-state index is 13.1. The lowest BCUT2D eigenvalue weighted by atomic mass is 10.1. The molecule has 3 heteroatoms. The summed E-state index contributed by atoms with van der Waals surface area (Å²) in [6.07, 6.45) is 1.68. The molecule has 0 bridgehead atoms. The van der Waals surface area contributed by atoms with Crippen LogP contribution in [0.15, 0.2) is 18.2 Å². The first-order valence-corrected chi connectivity index (χ1v) is 4.69. The van der Waals surface area contributed by atoms with Crippen molar-refractivity contribution in [2.24, 2.45) is 0 Å². The number of halogens is 2. The highest BCUT2D eigenvalue weighted by Crippen LogP contribution is 2.13. The van der Waals surface area contributed by atoms with Crippen LogP contribution in [0.3, 0.4) is 0 Å². The minimum absolute atomic E-state index is 0.219. The van der Waals surface area contributed by atoms with Gasteiger partial charge >= 0.3 is 0 Å². The topological polar surface area (TPSA) is 17.1 Å². The quantitative estimate of drug-likeness (QED) is 0.613. The molecule has 64 valence electrons. The van der Waals surface area contributed by atoms with E-state index in [9.17, 15) is 9.18 Å². The zero-order valence-corrected chi connectivity index (χ0v) is 8.55. The van der Waals surface area contributed by atoms with Gasteiger partial charge in [0.15, 0.2) is 0 Å². The van der Waals surface area contributed by atoms with Gasteiger partial charge in [0.25, 0.3) is 0 Å². The Labute approximate surface area is 84.1 Å². The van der Waals surface area contributed by atoms with Crippen molar-refractivity contribution in [2.45, 2.75) is 12.8 Å². The molecule has 1 aromatic rings. The lowest BCUT2D eigenvalue weighted by Gasteiger charge is -1.99. The first kappa shape index (κ1) is 9.64. The summed E-state index contributed by atoms with van der Waals surface area (Å²) >= 11 is 2.05. The standard InChI is InChI=1S/C9H8FIO/c10-9-6-8(11)4-3-7(9)2-1-5-12/h3-6H,1-2H2. The van der Waals surface area contributed by atoms with Gasteiger partial charge in [-0.3, -0.25) is 0 Å². The van der Waals surface area contributed by atoms with Gasteiger partial charge in [0.05, 0.1) is 0 Å². The molecule has 0 aliphatic heterocycles. The molecule has 1 rings (SSSR count). The van der Waals surface area contributed by atoms with Crippen molar-refractivity contribution in [3.63, 3.8) is 0 Å². The molecule has 0 atom stereocenters. The summed E-state index contributed by atoms with van der Waals surface area (Å²) in [4.78, 5) is 10.0. The first-order valence-electron chi connectivity index (χ1n) is 3.61. The molecule has 0 saturated carbocycles. The minimum Gasteiger partial charge on any atom is -0.303 e. The average Bonchev–Trinajstić information content (AvgIpc) is 2.03. The molecule has 0 unspecified atom stereocenters. The second-order valence-corrected chi connectivity index (χ2v) is 3.69. The van der Waals surface area contributed by atoms with Crippen LogP contribution in [0.25, 0.3) is 0 Å². The average molecular weight is 278 g/mol. The number of hydrogen-bond acceptors (Lipinski definition) is 1. The molecule has 0 aliphatic rings.